The smallest absolute Gasteiger partial charge is 0.274 e. The first-order valence-electron chi connectivity index (χ1n) is 4.86. The molecule has 1 aromatic rings. The summed E-state index contributed by atoms with van der Waals surface area (Å²) in [6.07, 6.45) is 2.53. The zero-order chi connectivity index (χ0) is 11.1. The van der Waals surface area contributed by atoms with E-state index < -0.39 is 4.92 Å². The van der Waals surface area contributed by atoms with E-state index in [0.29, 0.717) is 11.9 Å². The van der Waals surface area contributed by atoms with Crippen LogP contribution in [0.3, 0.4) is 0 Å². The largest absolute Gasteiger partial charge is 0.367 e. The minimum Gasteiger partial charge on any atom is -0.367 e. The minimum atomic E-state index is -0.412. The third-order valence-corrected chi connectivity index (χ3v) is 2.79. The quantitative estimate of drug-likeness (QED) is 0.609. The molecule has 1 aromatic heterocycles. The highest BCUT2D eigenvalue weighted by Crippen LogP contribution is 2.46. The Hall–Kier alpha value is -1.65. The Labute approximate surface area is 87.7 Å². The molecule has 1 aliphatic carbocycles. The molecule has 1 N–H and O–H groups in total. The van der Waals surface area contributed by atoms with Crippen molar-refractivity contribution in [3.63, 3.8) is 0 Å². The lowest BCUT2D eigenvalue weighted by Gasteiger charge is -2.06. The minimum absolute atomic E-state index is 0.0750. The number of rotatable bonds is 3. The molecular formula is C10H13N3O2. The maximum absolute atomic E-state index is 10.5. The molecule has 1 unspecified atom stereocenters. The molecule has 1 atom stereocenters. The van der Waals surface area contributed by atoms with Crippen molar-refractivity contribution in [2.24, 2.45) is 5.41 Å². The lowest BCUT2D eigenvalue weighted by atomic mass is 10.2. The van der Waals surface area contributed by atoms with Crippen LogP contribution in [0.25, 0.3) is 0 Å². The van der Waals surface area contributed by atoms with Crippen LogP contribution in [0.1, 0.15) is 20.3 Å². The van der Waals surface area contributed by atoms with Crippen molar-refractivity contribution in [1.82, 2.24) is 4.98 Å². The summed E-state index contributed by atoms with van der Waals surface area (Å²) in [5, 5.41) is 13.7. The summed E-state index contributed by atoms with van der Waals surface area (Å²) >= 11 is 0. The molecule has 0 spiro atoms. The number of anilines is 1. The number of nitrogens with zero attached hydrogens (tertiary/aromatic N) is 2. The number of hydrogen-bond acceptors (Lipinski definition) is 4. The third-order valence-electron chi connectivity index (χ3n) is 2.79. The molecule has 0 amide bonds. The van der Waals surface area contributed by atoms with E-state index in [9.17, 15) is 10.1 Å². The van der Waals surface area contributed by atoms with Gasteiger partial charge in [-0.2, -0.15) is 0 Å². The topological polar surface area (TPSA) is 68.1 Å². The van der Waals surface area contributed by atoms with Crippen LogP contribution in [0.15, 0.2) is 18.3 Å². The summed E-state index contributed by atoms with van der Waals surface area (Å²) < 4.78 is 0. The molecular weight excluding hydrogens is 194 g/mol. The second kappa shape index (κ2) is 3.18. The van der Waals surface area contributed by atoms with Gasteiger partial charge in [0, 0.05) is 18.3 Å². The maximum atomic E-state index is 10.5. The molecule has 5 nitrogen and oxygen atoms in total. The van der Waals surface area contributed by atoms with Crippen molar-refractivity contribution in [3.8, 4) is 0 Å². The molecule has 15 heavy (non-hydrogen) atoms. The fraction of sp³-hybridized carbons (Fsp3) is 0.500. The van der Waals surface area contributed by atoms with Gasteiger partial charge >= 0.3 is 0 Å². The van der Waals surface area contributed by atoms with Gasteiger partial charge in [-0.05, 0) is 11.8 Å². The number of hydrogen-bond donors (Lipinski definition) is 1. The van der Waals surface area contributed by atoms with E-state index in [1.165, 1.54) is 18.3 Å². The first-order valence-corrected chi connectivity index (χ1v) is 4.86. The summed E-state index contributed by atoms with van der Waals surface area (Å²) in [6, 6.07) is 3.24. The van der Waals surface area contributed by atoms with Crippen molar-refractivity contribution in [1.29, 1.82) is 0 Å². The number of aromatic nitrogens is 1. The van der Waals surface area contributed by atoms with Crippen LogP contribution in [-0.2, 0) is 0 Å². The molecule has 5 heteroatoms. The Morgan fingerprint density at radius 3 is 2.87 bits per heavy atom. The lowest BCUT2D eigenvalue weighted by Crippen LogP contribution is -2.09. The predicted octanol–water partition coefficient (Wildman–Crippen LogP) is 2.20. The van der Waals surface area contributed by atoms with Gasteiger partial charge in [-0.25, -0.2) is 4.98 Å². The predicted molar refractivity (Wildman–Crippen MR) is 56.7 cm³/mol. The van der Waals surface area contributed by atoms with Crippen molar-refractivity contribution < 1.29 is 4.92 Å². The van der Waals surface area contributed by atoms with E-state index in [-0.39, 0.29) is 11.1 Å². The highest BCUT2D eigenvalue weighted by molar-refractivity contribution is 5.46. The molecule has 0 radical (unpaired) electrons. The van der Waals surface area contributed by atoms with Crippen LogP contribution in [0.4, 0.5) is 11.5 Å². The average molecular weight is 207 g/mol. The van der Waals surface area contributed by atoms with Crippen LogP contribution < -0.4 is 5.32 Å². The standard InChI is InChI=1S/C10H13N3O2/c1-10(2)6-8(10)12-9-5-7(13(14)15)3-4-11-9/h3-5,8H,6H2,1-2H3,(H,11,12). The van der Waals surface area contributed by atoms with Gasteiger partial charge in [0.25, 0.3) is 5.69 Å². The molecule has 0 saturated heterocycles. The van der Waals surface area contributed by atoms with Gasteiger partial charge in [0.05, 0.1) is 11.0 Å². The van der Waals surface area contributed by atoms with Crippen molar-refractivity contribution in [2.45, 2.75) is 26.3 Å². The Morgan fingerprint density at radius 2 is 2.33 bits per heavy atom. The molecule has 0 aliphatic heterocycles. The molecule has 1 fully saturated rings. The third kappa shape index (κ3) is 2.06. The van der Waals surface area contributed by atoms with Gasteiger partial charge in [0.1, 0.15) is 5.82 Å². The second-order valence-electron chi connectivity index (χ2n) is 4.55. The molecule has 1 aliphatic rings. The summed E-state index contributed by atoms with van der Waals surface area (Å²) in [6.45, 7) is 4.31. The summed E-state index contributed by atoms with van der Waals surface area (Å²) in [4.78, 5) is 14.2. The molecule has 1 heterocycles. The number of pyridine rings is 1. The van der Waals surface area contributed by atoms with Crippen LogP contribution in [0.2, 0.25) is 0 Å². The number of nitro groups is 1. The van der Waals surface area contributed by atoms with Crippen LogP contribution >= 0.6 is 0 Å². The summed E-state index contributed by atoms with van der Waals surface area (Å²) in [5.74, 6) is 0.583. The molecule has 0 aromatic carbocycles. The van der Waals surface area contributed by atoms with Crippen molar-refractivity contribution in [3.05, 3.63) is 28.4 Å². The van der Waals surface area contributed by atoms with Crippen LogP contribution in [0.5, 0.6) is 0 Å². The van der Waals surface area contributed by atoms with Crippen LogP contribution in [-0.4, -0.2) is 15.9 Å². The first-order chi connectivity index (χ1) is 6.99. The van der Waals surface area contributed by atoms with Gasteiger partial charge in [-0.15, -0.1) is 0 Å². The zero-order valence-electron chi connectivity index (χ0n) is 8.73. The van der Waals surface area contributed by atoms with E-state index in [2.05, 4.69) is 24.1 Å². The second-order valence-corrected chi connectivity index (χ2v) is 4.55. The van der Waals surface area contributed by atoms with Gasteiger partial charge < -0.3 is 5.32 Å². The Balaban J connectivity index is 2.09. The Morgan fingerprint density at radius 1 is 1.67 bits per heavy atom. The highest BCUT2D eigenvalue weighted by Gasteiger charge is 2.45. The number of nitrogens with one attached hydrogen (secondary N) is 1. The molecule has 2 rings (SSSR count). The van der Waals surface area contributed by atoms with Crippen LogP contribution in [0, 0.1) is 15.5 Å². The van der Waals surface area contributed by atoms with Crippen molar-refractivity contribution >= 4 is 11.5 Å². The molecule has 0 bridgehead atoms. The normalized spacial score (nSPS) is 22.1. The zero-order valence-corrected chi connectivity index (χ0v) is 8.73. The average Bonchev–Trinajstić information content (AvgIpc) is 2.74. The monoisotopic (exact) mass is 207 g/mol. The molecule has 1 saturated carbocycles. The van der Waals surface area contributed by atoms with Gasteiger partial charge in [0.2, 0.25) is 0 Å². The Bertz CT molecular complexity index is 403. The highest BCUT2D eigenvalue weighted by atomic mass is 16.6. The van der Waals surface area contributed by atoms with E-state index >= 15 is 0 Å². The SMILES string of the molecule is CC1(C)CC1Nc1cc([N+](=O)[O-])ccn1. The summed E-state index contributed by atoms with van der Waals surface area (Å²) in [7, 11) is 0. The van der Waals surface area contributed by atoms with Gasteiger partial charge in [-0.1, -0.05) is 13.8 Å². The van der Waals surface area contributed by atoms with E-state index in [1.807, 2.05) is 0 Å². The summed E-state index contributed by atoms with van der Waals surface area (Å²) in [5.41, 5.74) is 0.359. The fourth-order valence-corrected chi connectivity index (χ4v) is 1.50. The lowest BCUT2D eigenvalue weighted by molar-refractivity contribution is -0.384. The maximum Gasteiger partial charge on any atom is 0.274 e. The van der Waals surface area contributed by atoms with E-state index in [4.69, 9.17) is 0 Å². The van der Waals surface area contributed by atoms with Gasteiger partial charge in [0.15, 0.2) is 0 Å². The first kappa shape index (κ1) is 9.89. The van der Waals surface area contributed by atoms with E-state index in [1.54, 1.807) is 0 Å². The van der Waals surface area contributed by atoms with Gasteiger partial charge in [-0.3, -0.25) is 10.1 Å². The molecule has 80 valence electrons. The Kier molecular flexibility index (Phi) is 2.10. The fourth-order valence-electron chi connectivity index (χ4n) is 1.50. The van der Waals surface area contributed by atoms with Crippen molar-refractivity contribution in [2.75, 3.05) is 5.32 Å². The van der Waals surface area contributed by atoms with E-state index in [0.717, 1.165) is 6.42 Å².